The molecule has 0 aliphatic carbocycles. The molecule has 0 spiro atoms. The summed E-state index contributed by atoms with van der Waals surface area (Å²) < 4.78 is 3.00. The van der Waals surface area contributed by atoms with E-state index >= 15 is 0 Å². The zero-order chi connectivity index (χ0) is 19.1. The highest BCUT2D eigenvalue weighted by molar-refractivity contribution is 7.18. The molecule has 142 valence electrons. The highest BCUT2D eigenvalue weighted by atomic mass is 32.1. The second-order valence-corrected chi connectivity index (χ2v) is 8.04. The Bertz CT molecular complexity index is 1080. The SMILES string of the molecule is C[C@H](c1nc2ccccc2s1)N1CCN(C(=O)c2cn3cccnc3n2)CC1. The van der Waals surface area contributed by atoms with Crippen molar-refractivity contribution in [2.45, 2.75) is 13.0 Å². The van der Waals surface area contributed by atoms with E-state index in [0.717, 1.165) is 23.6 Å². The van der Waals surface area contributed by atoms with Gasteiger partial charge in [-0.25, -0.2) is 15.0 Å². The summed E-state index contributed by atoms with van der Waals surface area (Å²) in [6, 6.07) is 10.3. The zero-order valence-corrected chi connectivity index (χ0v) is 16.3. The van der Waals surface area contributed by atoms with Crippen LogP contribution in [-0.4, -0.2) is 61.2 Å². The molecule has 7 nitrogen and oxygen atoms in total. The number of imidazole rings is 1. The van der Waals surface area contributed by atoms with Crippen LogP contribution in [-0.2, 0) is 0 Å². The van der Waals surface area contributed by atoms with E-state index in [2.05, 4.69) is 33.9 Å². The Hall–Kier alpha value is -2.84. The molecule has 0 saturated carbocycles. The number of fused-ring (bicyclic) bond motifs is 2. The first kappa shape index (κ1) is 17.3. The maximum absolute atomic E-state index is 12.8. The summed E-state index contributed by atoms with van der Waals surface area (Å²) in [5.41, 5.74) is 1.51. The lowest BCUT2D eigenvalue weighted by molar-refractivity contribution is 0.0577. The molecule has 0 N–H and O–H groups in total. The van der Waals surface area contributed by atoms with Gasteiger partial charge < -0.3 is 4.90 Å². The molecule has 1 aliphatic heterocycles. The van der Waals surface area contributed by atoms with Gasteiger partial charge in [-0.3, -0.25) is 14.1 Å². The molecule has 1 amide bonds. The van der Waals surface area contributed by atoms with Crippen molar-refractivity contribution >= 4 is 33.2 Å². The molecule has 0 bridgehead atoms. The molecule has 1 atom stereocenters. The van der Waals surface area contributed by atoms with Crippen LogP contribution in [0.2, 0.25) is 0 Å². The molecule has 5 rings (SSSR count). The topological polar surface area (TPSA) is 66.6 Å². The molecule has 1 aliphatic rings. The average Bonchev–Trinajstić information content (AvgIpc) is 3.37. The van der Waals surface area contributed by atoms with Crippen LogP contribution < -0.4 is 0 Å². The number of amides is 1. The van der Waals surface area contributed by atoms with E-state index in [-0.39, 0.29) is 11.9 Å². The quantitative estimate of drug-likeness (QED) is 0.536. The van der Waals surface area contributed by atoms with Crippen molar-refractivity contribution in [3.05, 3.63) is 59.6 Å². The van der Waals surface area contributed by atoms with Gasteiger partial charge in [0.15, 0.2) is 0 Å². The molecule has 3 aromatic heterocycles. The number of carbonyl (C=O) groups is 1. The van der Waals surface area contributed by atoms with Gasteiger partial charge in [0.05, 0.1) is 16.3 Å². The Labute approximate surface area is 166 Å². The van der Waals surface area contributed by atoms with Crippen LogP contribution in [0.5, 0.6) is 0 Å². The molecule has 1 saturated heterocycles. The molecule has 28 heavy (non-hydrogen) atoms. The van der Waals surface area contributed by atoms with Crippen LogP contribution in [0, 0.1) is 0 Å². The van der Waals surface area contributed by atoms with Gasteiger partial charge in [-0.05, 0) is 25.1 Å². The molecule has 4 aromatic rings. The number of aromatic nitrogens is 4. The fourth-order valence-electron chi connectivity index (χ4n) is 3.63. The lowest BCUT2D eigenvalue weighted by Gasteiger charge is -2.37. The fourth-order valence-corrected chi connectivity index (χ4v) is 4.69. The van der Waals surface area contributed by atoms with Crippen LogP contribution in [0.25, 0.3) is 16.0 Å². The van der Waals surface area contributed by atoms with Crippen molar-refractivity contribution < 1.29 is 4.79 Å². The van der Waals surface area contributed by atoms with Gasteiger partial charge in [0.2, 0.25) is 5.78 Å². The summed E-state index contributed by atoms with van der Waals surface area (Å²) in [6.45, 7) is 5.23. The number of para-hydroxylation sites is 1. The van der Waals surface area contributed by atoms with Crippen LogP contribution in [0.3, 0.4) is 0 Å². The third-order valence-electron chi connectivity index (χ3n) is 5.27. The van der Waals surface area contributed by atoms with Crippen molar-refractivity contribution in [1.29, 1.82) is 0 Å². The molecular formula is C20H20N6OS. The van der Waals surface area contributed by atoms with Gasteiger partial charge in [0.1, 0.15) is 10.7 Å². The smallest absolute Gasteiger partial charge is 0.274 e. The van der Waals surface area contributed by atoms with Gasteiger partial charge in [0, 0.05) is 44.8 Å². The van der Waals surface area contributed by atoms with E-state index in [9.17, 15) is 4.79 Å². The van der Waals surface area contributed by atoms with Crippen molar-refractivity contribution in [1.82, 2.24) is 29.2 Å². The standard InChI is InChI=1S/C20H20N6OS/c1-14(18-22-15-5-2-3-6-17(15)28-18)24-9-11-25(12-10-24)19(27)16-13-26-8-4-7-21-20(26)23-16/h2-8,13-14H,9-12H2,1H3/t14-/m1/s1. The van der Waals surface area contributed by atoms with Gasteiger partial charge in [0.25, 0.3) is 5.91 Å². The van der Waals surface area contributed by atoms with Gasteiger partial charge in [-0.1, -0.05) is 12.1 Å². The predicted molar refractivity (Wildman–Crippen MR) is 108 cm³/mol. The van der Waals surface area contributed by atoms with Crippen molar-refractivity contribution in [3.63, 3.8) is 0 Å². The normalized spacial score (nSPS) is 16.7. The lowest BCUT2D eigenvalue weighted by atomic mass is 10.2. The summed E-state index contributed by atoms with van der Waals surface area (Å²) in [5.74, 6) is 0.520. The second-order valence-electron chi connectivity index (χ2n) is 6.98. The number of benzene rings is 1. The molecule has 1 fully saturated rings. The largest absolute Gasteiger partial charge is 0.335 e. The third kappa shape index (κ3) is 3.04. The predicted octanol–water partition coefficient (Wildman–Crippen LogP) is 2.86. The Morgan fingerprint density at radius 1 is 1.11 bits per heavy atom. The fraction of sp³-hybridized carbons (Fsp3) is 0.300. The Balaban J connectivity index is 1.27. The number of carbonyl (C=O) groups excluding carboxylic acids is 1. The van der Waals surface area contributed by atoms with Crippen LogP contribution in [0.1, 0.15) is 28.5 Å². The first-order chi connectivity index (χ1) is 13.7. The highest BCUT2D eigenvalue weighted by Gasteiger charge is 2.28. The van der Waals surface area contributed by atoms with Crippen molar-refractivity contribution in [2.24, 2.45) is 0 Å². The van der Waals surface area contributed by atoms with Crippen molar-refractivity contribution in [2.75, 3.05) is 26.2 Å². The summed E-state index contributed by atoms with van der Waals surface area (Å²) in [4.78, 5) is 30.4. The third-order valence-corrected chi connectivity index (χ3v) is 6.48. The number of hydrogen-bond donors (Lipinski definition) is 0. The summed E-state index contributed by atoms with van der Waals surface area (Å²) in [7, 11) is 0. The minimum Gasteiger partial charge on any atom is -0.335 e. The molecule has 0 unspecified atom stereocenters. The minimum atomic E-state index is -0.0298. The number of hydrogen-bond acceptors (Lipinski definition) is 6. The van der Waals surface area contributed by atoms with E-state index in [0.29, 0.717) is 24.6 Å². The van der Waals surface area contributed by atoms with Gasteiger partial charge in [-0.15, -0.1) is 11.3 Å². The summed E-state index contributed by atoms with van der Waals surface area (Å²) >= 11 is 1.75. The number of rotatable bonds is 3. The molecule has 1 aromatic carbocycles. The minimum absolute atomic E-state index is 0.0298. The maximum Gasteiger partial charge on any atom is 0.274 e. The first-order valence-corrected chi connectivity index (χ1v) is 10.2. The molecule has 0 radical (unpaired) electrons. The van der Waals surface area contributed by atoms with E-state index in [4.69, 9.17) is 4.98 Å². The summed E-state index contributed by atoms with van der Waals surface area (Å²) in [6.07, 6.45) is 5.28. The zero-order valence-electron chi connectivity index (χ0n) is 15.5. The van der Waals surface area contributed by atoms with E-state index in [1.54, 1.807) is 28.1 Å². The maximum atomic E-state index is 12.8. The van der Waals surface area contributed by atoms with Crippen LogP contribution in [0.4, 0.5) is 0 Å². The first-order valence-electron chi connectivity index (χ1n) is 9.37. The summed E-state index contributed by atoms with van der Waals surface area (Å²) in [5, 5.41) is 1.13. The van der Waals surface area contributed by atoms with Gasteiger partial charge >= 0.3 is 0 Å². The molecule has 4 heterocycles. The van der Waals surface area contributed by atoms with E-state index < -0.39 is 0 Å². The average molecular weight is 392 g/mol. The molecule has 8 heteroatoms. The van der Waals surface area contributed by atoms with Crippen molar-refractivity contribution in [3.8, 4) is 0 Å². The highest BCUT2D eigenvalue weighted by Crippen LogP contribution is 2.30. The van der Waals surface area contributed by atoms with E-state index in [1.807, 2.05) is 29.3 Å². The number of thiazole rings is 1. The van der Waals surface area contributed by atoms with E-state index in [1.165, 1.54) is 4.70 Å². The second kappa shape index (κ2) is 6.96. The lowest BCUT2D eigenvalue weighted by Crippen LogP contribution is -2.49. The monoisotopic (exact) mass is 392 g/mol. The Kier molecular flexibility index (Phi) is 4.29. The number of piperazine rings is 1. The number of nitrogens with zero attached hydrogens (tertiary/aromatic N) is 6. The van der Waals surface area contributed by atoms with Gasteiger partial charge in [-0.2, -0.15) is 0 Å². The molecular weight excluding hydrogens is 372 g/mol. The van der Waals surface area contributed by atoms with Crippen LogP contribution >= 0.6 is 11.3 Å². The Morgan fingerprint density at radius 2 is 1.93 bits per heavy atom. The Morgan fingerprint density at radius 3 is 2.71 bits per heavy atom. The van der Waals surface area contributed by atoms with Crippen LogP contribution in [0.15, 0.2) is 48.9 Å².